The number of nitrogens with one attached hydrogen (secondary N) is 1. The van der Waals surface area contributed by atoms with Crippen LogP contribution in [0.5, 0.6) is 5.75 Å². The zero-order valence-corrected chi connectivity index (χ0v) is 21.0. The van der Waals surface area contributed by atoms with Gasteiger partial charge in [0.1, 0.15) is 12.4 Å². The molecule has 0 aromatic heterocycles. The van der Waals surface area contributed by atoms with Crippen LogP contribution < -0.4 is 10.1 Å². The van der Waals surface area contributed by atoms with Gasteiger partial charge in [-0.25, -0.2) is 0 Å². The van der Waals surface area contributed by atoms with E-state index in [1.807, 2.05) is 12.1 Å². The molecule has 4 rings (SSSR count). The third kappa shape index (κ3) is 6.73. The van der Waals surface area contributed by atoms with Gasteiger partial charge in [-0.15, -0.1) is 24.8 Å². The van der Waals surface area contributed by atoms with Gasteiger partial charge >= 0.3 is 5.97 Å². The van der Waals surface area contributed by atoms with Gasteiger partial charge in [0.25, 0.3) is 0 Å². The molecule has 0 radical (unpaired) electrons. The molecule has 0 bridgehead atoms. The fourth-order valence-corrected chi connectivity index (χ4v) is 4.53. The number of benzene rings is 2. The van der Waals surface area contributed by atoms with Crippen molar-refractivity contribution in [1.29, 1.82) is 0 Å². The highest BCUT2D eigenvalue weighted by Crippen LogP contribution is 2.37. The number of hydrogen-bond donors (Lipinski definition) is 1. The van der Waals surface area contributed by atoms with Gasteiger partial charge in [0, 0.05) is 18.2 Å². The van der Waals surface area contributed by atoms with Crippen molar-refractivity contribution in [2.75, 3.05) is 33.8 Å². The normalized spacial score (nSPS) is 16.5. The number of methoxy groups -OCH3 is 1. The maximum absolute atomic E-state index is 11.8. The van der Waals surface area contributed by atoms with E-state index >= 15 is 0 Å². The van der Waals surface area contributed by atoms with Crippen LogP contribution >= 0.6 is 24.8 Å². The van der Waals surface area contributed by atoms with Crippen molar-refractivity contribution in [2.45, 2.75) is 38.3 Å². The monoisotopic (exact) mass is 492 g/mol. The van der Waals surface area contributed by atoms with E-state index in [-0.39, 0.29) is 37.2 Å². The molecule has 0 amide bonds. The van der Waals surface area contributed by atoms with E-state index in [2.05, 4.69) is 53.7 Å². The summed E-state index contributed by atoms with van der Waals surface area (Å²) in [4.78, 5) is 14.3. The van der Waals surface area contributed by atoms with E-state index in [0.29, 0.717) is 12.6 Å². The largest absolute Gasteiger partial charge is 0.488 e. The molecule has 0 spiro atoms. The van der Waals surface area contributed by atoms with Crippen molar-refractivity contribution in [3.8, 4) is 5.75 Å². The molecule has 0 atom stereocenters. The molecule has 1 saturated heterocycles. The summed E-state index contributed by atoms with van der Waals surface area (Å²) in [5, 5.41) is 3.44. The first kappa shape index (κ1) is 27.2. The fourth-order valence-electron chi connectivity index (χ4n) is 4.53. The fraction of sp³-hybridized carbons (Fsp3) is 0.423. The lowest BCUT2D eigenvalue weighted by molar-refractivity contribution is -0.139. The number of fused-ring (bicyclic) bond motifs is 2. The van der Waals surface area contributed by atoms with Crippen LogP contribution in [-0.4, -0.2) is 50.7 Å². The first-order valence-corrected chi connectivity index (χ1v) is 11.2. The molecule has 2 aliphatic heterocycles. The molecule has 1 fully saturated rings. The van der Waals surface area contributed by atoms with Crippen LogP contribution in [0.25, 0.3) is 5.57 Å². The van der Waals surface area contributed by atoms with Gasteiger partial charge in [-0.05, 0) is 73.8 Å². The first-order chi connectivity index (χ1) is 15.2. The summed E-state index contributed by atoms with van der Waals surface area (Å²) in [5.74, 6) is 0.631. The van der Waals surface area contributed by atoms with Crippen molar-refractivity contribution >= 4 is 36.4 Å². The summed E-state index contributed by atoms with van der Waals surface area (Å²) in [6.07, 6.45) is 5.99. The highest BCUT2D eigenvalue weighted by atomic mass is 35.5. The Morgan fingerprint density at radius 1 is 1.15 bits per heavy atom. The van der Waals surface area contributed by atoms with Crippen molar-refractivity contribution in [2.24, 2.45) is 0 Å². The minimum Gasteiger partial charge on any atom is -0.488 e. The molecule has 0 unspecified atom stereocenters. The molecule has 2 aliphatic rings. The van der Waals surface area contributed by atoms with E-state index in [4.69, 9.17) is 9.47 Å². The Bertz CT molecular complexity index is 958. The number of carbonyl (C=O) groups is 1. The molecule has 2 aromatic carbocycles. The average Bonchev–Trinajstić information content (AvgIpc) is 2.96. The molecule has 1 N–H and O–H groups in total. The minimum absolute atomic E-state index is 0. The Balaban J connectivity index is 0.00000193. The molecule has 0 aliphatic carbocycles. The lowest BCUT2D eigenvalue weighted by Crippen LogP contribution is -2.41. The quantitative estimate of drug-likeness (QED) is 0.595. The maximum atomic E-state index is 11.8. The van der Waals surface area contributed by atoms with Gasteiger partial charge in [0.15, 0.2) is 0 Å². The third-order valence-electron chi connectivity index (χ3n) is 6.36. The number of hydrogen-bond acceptors (Lipinski definition) is 5. The van der Waals surface area contributed by atoms with Crippen LogP contribution in [0.1, 0.15) is 41.5 Å². The van der Waals surface area contributed by atoms with Gasteiger partial charge in [-0.3, -0.25) is 4.79 Å². The summed E-state index contributed by atoms with van der Waals surface area (Å²) in [6, 6.07) is 15.1. The zero-order valence-electron chi connectivity index (χ0n) is 19.3. The predicted molar refractivity (Wildman–Crippen MR) is 138 cm³/mol. The smallest absolute Gasteiger partial charge is 0.309 e. The zero-order chi connectivity index (χ0) is 21.6. The number of ether oxygens (including phenoxy) is 2. The summed E-state index contributed by atoms with van der Waals surface area (Å²) in [5.41, 5.74) is 5.57. The molecular weight excluding hydrogens is 459 g/mol. The van der Waals surface area contributed by atoms with Crippen molar-refractivity contribution < 1.29 is 14.3 Å². The molecule has 2 aromatic rings. The van der Waals surface area contributed by atoms with Crippen LogP contribution in [-0.2, 0) is 22.6 Å². The Hall–Kier alpha value is -2.05. The number of halogens is 2. The van der Waals surface area contributed by atoms with Gasteiger partial charge in [-0.1, -0.05) is 36.4 Å². The average molecular weight is 493 g/mol. The predicted octanol–water partition coefficient (Wildman–Crippen LogP) is 4.64. The van der Waals surface area contributed by atoms with E-state index in [1.165, 1.54) is 36.7 Å². The van der Waals surface area contributed by atoms with Gasteiger partial charge < -0.3 is 19.7 Å². The van der Waals surface area contributed by atoms with E-state index in [1.54, 1.807) is 0 Å². The highest BCUT2D eigenvalue weighted by Gasteiger charge is 2.21. The van der Waals surface area contributed by atoms with Crippen LogP contribution in [0, 0.1) is 0 Å². The molecular formula is C26H34Cl2N2O3. The molecule has 0 saturated carbocycles. The summed E-state index contributed by atoms with van der Waals surface area (Å²) in [7, 11) is 3.66. The topological polar surface area (TPSA) is 50.8 Å². The lowest BCUT2D eigenvalue weighted by Gasteiger charge is -2.31. The molecule has 5 nitrogen and oxygen atoms in total. The van der Waals surface area contributed by atoms with Crippen molar-refractivity contribution in [1.82, 2.24) is 10.2 Å². The standard InChI is InChI=1S/C26H32N2O3.2ClH/c1-28(21-11-13-27-14-12-21)15-5-8-23-22-7-4-3-6-20(22)18-31-25-10-9-19(16-24(23)25)17-26(29)30-2;;/h3-4,6-10,16,21,27H,5,11-15,17-18H2,1-2H3;2*1H/b23-8-;;. The van der Waals surface area contributed by atoms with Gasteiger partial charge in [0.05, 0.1) is 13.5 Å². The lowest BCUT2D eigenvalue weighted by atomic mass is 9.92. The number of rotatable bonds is 6. The maximum Gasteiger partial charge on any atom is 0.309 e. The third-order valence-corrected chi connectivity index (χ3v) is 6.36. The summed E-state index contributed by atoms with van der Waals surface area (Å²) >= 11 is 0. The second-order valence-electron chi connectivity index (χ2n) is 8.40. The molecule has 180 valence electrons. The van der Waals surface area contributed by atoms with E-state index < -0.39 is 0 Å². The Morgan fingerprint density at radius 2 is 1.91 bits per heavy atom. The summed E-state index contributed by atoms with van der Waals surface area (Å²) < 4.78 is 11.0. The molecule has 7 heteroatoms. The number of piperidine rings is 1. The second-order valence-corrected chi connectivity index (χ2v) is 8.40. The van der Waals surface area contributed by atoms with E-state index in [9.17, 15) is 4.79 Å². The van der Waals surface area contributed by atoms with Crippen LogP contribution in [0.3, 0.4) is 0 Å². The number of carbonyl (C=O) groups excluding carboxylic acids is 1. The molecule has 33 heavy (non-hydrogen) atoms. The Kier molecular flexibility index (Phi) is 10.7. The van der Waals surface area contributed by atoms with Crippen LogP contribution in [0.4, 0.5) is 0 Å². The highest BCUT2D eigenvalue weighted by molar-refractivity contribution is 5.86. The van der Waals surface area contributed by atoms with Crippen molar-refractivity contribution in [3.05, 3.63) is 70.8 Å². The Morgan fingerprint density at radius 3 is 2.67 bits per heavy atom. The van der Waals surface area contributed by atoms with Crippen LogP contribution in [0.15, 0.2) is 48.5 Å². The first-order valence-electron chi connectivity index (χ1n) is 11.2. The van der Waals surface area contributed by atoms with Gasteiger partial charge in [0.2, 0.25) is 0 Å². The SMILES string of the molecule is COC(=O)Cc1ccc2c(c1)/C(=C\CCN(C)C1CCNCC1)c1ccccc1CO2.Cl.Cl. The number of esters is 1. The van der Waals surface area contributed by atoms with Crippen LogP contribution in [0.2, 0.25) is 0 Å². The second kappa shape index (κ2) is 13.0. The van der Waals surface area contributed by atoms with Crippen molar-refractivity contribution in [3.63, 3.8) is 0 Å². The molecule has 2 heterocycles. The van der Waals surface area contributed by atoms with E-state index in [0.717, 1.165) is 42.9 Å². The minimum atomic E-state index is -0.232. The number of nitrogens with zero attached hydrogens (tertiary/aromatic N) is 1. The summed E-state index contributed by atoms with van der Waals surface area (Å²) in [6.45, 7) is 3.79. The Labute approximate surface area is 209 Å². The van der Waals surface area contributed by atoms with Gasteiger partial charge in [-0.2, -0.15) is 0 Å².